The summed E-state index contributed by atoms with van der Waals surface area (Å²) in [6, 6.07) is 6.14. The van der Waals surface area contributed by atoms with E-state index >= 15 is 0 Å². The Morgan fingerprint density at radius 3 is 2.53 bits per heavy atom. The predicted octanol–water partition coefficient (Wildman–Crippen LogP) is 0.976. The first-order chi connectivity index (χ1) is 18.2. The third kappa shape index (κ3) is 6.03. The van der Waals surface area contributed by atoms with Gasteiger partial charge >= 0.3 is 0 Å². The van der Waals surface area contributed by atoms with Crippen LogP contribution in [0, 0.1) is 5.92 Å². The normalized spacial score (nSPS) is 14.8. The Kier molecular flexibility index (Phi) is 8.13. The number of Topliss-reactive ketones (excluding diaryl/α,β-unsaturated/α-hetero) is 1. The van der Waals surface area contributed by atoms with Gasteiger partial charge in [0.1, 0.15) is 11.7 Å². The molecule has 0 aliphatic carbocycles. The van der Waals surface area contributed by atoms with Crippen LogP contribution in [-0.4, -0.2) is 69.9 Å². The lowest BCUT2D eigenvalue weighted by Crippen LogP contribution is -2.55. The molecule has 1 aromatic carbocycles. The molecule has 4 rings (SSSR count). The minimum atomic E-state index is -1.54. The van der Waals surface area contributed by atoms with Crippen LogP contribution >= 0.6 is 0 Å². The van der Waals surface area contributed by atoms with Gasteiger partial charge in [-0.05, 0) is 37.6 Å². The molecule has 3 atom stereocenters. The van der Waals surface area contributed by atoms with Crippen molar-refractivity contribution in [2.75, 3.05) is 13.8 Å². The number of aromatic amines is 1. The Morgan fingerprint density at radius 1 is 1.11 bits per heavy atom. The van der Waals surface area contributed by atoms with Crippen molar-refractivity contribution in [1.29, 1.82) is 0 Å². The molecule has 2 aromatic heterocycles. The number of amides is 2. The van der Waals surface area contributed by atoms with Crippen molar-refractivity contribution in [3.63, 3.8) is 0 Å². The zero-order valence-electron chi connectivity index (χ0n) is 21.3. The second kappa shape index (κ2) is 11.5. The topological polar surface area (TPSA) is 175 Å². The average Bonchev–Trinajstić information content (AvgIpc) is 3.52. The van der Waals surface area contributed by atoms with Gasteiger partial charge in [0.05, 0.1) is 6.04 Å². The maximum atomic E-state index is 13.4. The Hall–Kier alpha value is -4.16. The summed E-state index contributed by atoms with van der Waals surface area (Å²) < 4.78 is 10.8. The number of hydrogen-bond acceptors (Lipinski definition) is 9. The monoisotopic (exact) mass is 525 g/mol. The molecule has 1 aliphatic rings. The number of H-pyrrole nitrogens is 1. The Bertz CT molecular complexity index is 1300. The molecule has 1 unspecified atom stereocenters. The summed E-state index contributed by atoms with van der Waals surface area (Å²) in [7, 11) is 1.40. The quantitative estimate of drug-likeness (QED) is 0.199. The highest BCUT2D eigenvalue weighted by Crippen LogP contribution is 2.36. The molecule has 3 heterocycles. The van der Waals surface area contributed by atoms with Gasteiger partial charge in [-0.2, -0.15) is 0 Å². The number of rotatable bonds is 11. The van der Waals surface area contributed by atoms with E-state index < -0.39 is 35.9 Å². The van der Waals surface area contributed by atoms with Crippen LogP contribution in [0.2, 0.25) is 0 Å². The number of fused-ring (bicyclic) bond motifs is 2. The third-order valence-electron chi connectivity index (χ3n) is 6.18. The molecule has 6 N–H and O–H groups in total. The van der Waals surface area contributed by atoms with Gasteiger partial charge in [-0.3, -0.25) is 19.7 Å². The smallest absolute Gasteiger partial charge is 0.268 e. The van der Waals surface area contributed by atoms with Gasteiger partial charge in [0.2, 0.25) is 18.6 Å². The number of benzene rings is 1. The second-order valence-corrected chi connectivity index (χ2v) is 9.48. The lowest BCUT2D eigenvalue weighted by Gasteiger charge is -2.25. The fraction of sp³-hybridized carbons (Fsp3) is 0.385. The molecule has 1 aliphatic heterocycles. The number of aromatic nitrogens is 2. The van der Waals surface area contributed by atoms with Crippen LogP contribution in [-0.2, 0) is 16.0 Å². The van der Waals surface area contributed by atoms with Gasteiger partial charge < -0.3 is 35.3 Å². The number of nitrogens with zero attached hydrogens (tertiary/aromatic N) is 1. The second-order valence-electron chi connectivity index (χ2n) is 9.48. The molecule has 0 radical (unpaired) electrons. The first-order valence-electron chi connectivity index (χ1n) is 12.2. The van der Waals surface area contributed by atoms with Crippen LogP contribution in [0.1, 0.15) is 36.3 Å². The van der Waals surface area contributed by atoms with E-state index in [9.17, 15) is 24.6 Å². The van der Waals surface area contributed by atoms with E-state index in [0.717, 1.165) is 5.39 Å². The molecule has 3 aromatic rings. The molecule has 0 bridgehead atoms. The summed E-state index contributed by atoms with van der Waals surface area (Å²) in [6.45, 7) is 3.94. The maximum absolute atomic E-state index is 13.4. The summed E-state index contributed by atoms with van der Waals surface area (Å²) >= 11 is 0. The van der Waals surface area contributed by atoms with Crippen LogP contribution in [0.5, 0.6) is 17.4 Å². The summed E-state index contributed by atoms with van der Waals surface area (Å²) in [5.41, 5.74) is 1.23. The molecule has 38 heavy (non-hydrogen) atoms. The van der Waals surface area contributed by atoms with E-state index in [0.29, 0.717) is 29.0 Å². The van der Waals surface area contributed by atoms with Crippen molar-refractivity contribution in [3.05, 3.63) is 47.8 Å². The van der Waals surface area contributed by atoms with Gasteiger partial charge in [-0.15, -0.1) is 0 Å². The van der Waals surface area contributed by atoms with Gasteiger partial charge in [0.25, 0.3) is 5.91 Å². The number of ketones is 1. The highest BCUT2D eigenvalue weighted by atomic mass is 16.7. The largest absolute Gasteiger partial charge is 0.493 e. The average molecular weight is 526 g/mol. The third-order valence-corrected chi connectivity index (χ3v) is 6.18. The molecule has 2 amide bonds. The number of nitrogens with one attached hydrogen (secondary N) is 4. The van der Waals surface area contributed by atoms with Crippen molar-refractivity contribution >= 4 is 28.5 Å². The molecule has 0 saturated heterocycles. The number of aliphatic hydroxyl groups is 1. The number of hydrogen-bond donors (Lipinski definition) is 6. The number of likely N-dealkylation sites (N-methyl/N-ethyl adjacent to an activating group) is 1. The maximum Gasteiger partial charge on any atom is 0.268 e. The molecule has 12 heteroatoms. The summed E-state index contributed by atoms with van der Waals surface area (Å²) in [5.74, 6) is -0.911. The van der Waals surface area contributed by atoms with Crippen molar-refractivity contribution < 1.29 is 34.1 Å². The van der Waals surface area contributed by atoms with Gasteiger partial charge in [0, 0.05) is 35.2 Å². The summed E-state index contributed by atoms with van der Waals surface area (Å²) in [6.07, 6.45) is 0.0323. The number of aromatic hydroxyl groups is 1. The predicted molar refractivity (Wildman–Crippen MR) is 137 cm³/mol. The van der Waals surface area contributed by atoms with E-state index in [1.807, 2.05) is 13.8 Å². The molecular weight excluding hydrogens is 494 g/mol. The van der Waals surface area contributed by atoms with E-state index in [4.69, 9.17) is 9.47 Å². The molecular formula is C26H31N5O7. The summed E-state index contributed by atoms with van der Waals surface area (Å²) in [5, 5.41) is 28.7. The van der Waals surface area contributed by atoms with Crippen molar-refractivity contribution in [2.45, 2.75) is 45.0 Å². The van der Waals surface area contributed by atoms with E-state index in [1.54, 1.807) is 30.3 Å². The van der Waals surface area contributed by atoms with Crippen molar-refractivity contribution in [2.24, 2.45) is 5.92 Å². The lowest BCUT2D eigenvalue weighted by molar-refractivity contribution is -0.134. The van der Waals surface area contributed by atoms with E-state index in [2.05, 4.69) is 25.9 Å². The zero-order chi connectivity index (χ0) is 27.4. The van der Waals surface area contributed by atoms with Gasteiger partial charge in [-0.25, -0.2) is 4.98 Å². The first-order valence-corrected chi connectivity index (χ1v) is 12.2. The molecule has 202 valence electrons. The molecule has 0 spiro atoms. The minimum Gasteiger partial charge on any atom is -0.493 e. The molecule has 12 nitrogen and oxygen atoms in total. The highest BCUT2D eigenvalue weighted by Gasteiger charge is 2.31. The van der Waals surface area contributed by atoms with Gasteiger partial charge in [-0.1, -0.05) is 19.9 Å². The Labute approximate surface area is 218 Å². The summed E-state index contributed by atoms with van der Waals surface area (Å²) in [4.78, 5) is 46.2. The Balaban J connectivity index is 1.53. The van der Waals surface area contributed by atoms with Crippen LogP contribution < -0.4 is 25.4 Å². The van der Waals surface area contributed by atoms with Crippen LogP contribution in [0.25, 0.3) is 10.9 Å². The standard InChI is InChI=1S/C26H31N5O7/c1-13(2)7-18(31-25(35)19-9-15-10-20-21(38-12-37-20)11-16(15)29-19)24(34)30-17(22(32)26(36)27-3)8-14-5-4-6-28-23(14)33/h4-6,9-11,13,17-18,26-27,29,36H,7-8,12H2,1-3H3,(H,28,33)(H,30,34)(H,31,35)/t17-,18-,26?/m0/s1. The SMILES string of the molecule is CNC(O)C(=O)[C@H](Cc1cccnc1O)NC(=O)[C@H](CC(C)C)NC(=O)c1cc2cc3c(cc2[nH]1)OCO3. The molecule has 0 fully saturated rings. The fourth-order valence-corrected chi connectivity index (χ4v) is 4.22. The number of aliphatic hydroxyl groups excluding tert-OH is 1. The van der Waals surface area contributed by atoms with E-state index in [-0.39, 0.29) is 30.7 Å². The number of pyridine rings is 1. The van der Waals surface area contributed by atoms with Crippen LogP contribution in [0.15, 0.2) is 36.5 Å². The zero-order valence-corrected chi connectivity index (χ0v) is 21.3. The highest BCUT2D eigenvalue weighted by molar-refractivity contribution is 6.01. The fourth-order valence-electron chi connectivity index (χ4n) is 4.22. The van der Waals surface area contributed by atoms with Gasteiger partial charge in [0.15, 0.2) is 23.5 Å². The van der Waals surface area contributed by atoms with Crippen molar-refractivity contribution in [3.8, 4) is 17.4 Å². The Morgan fingerprint density at radius 2 is 1.84 bits per heavy atom. The number of ether oxygens (including phenoxy) is 2. The number of carbonyl (C=O) groups is 3. The first kappa shape index (κ1) is 26.9. The lowest BCUT2D eigenvalue weighted by atomic mass is 9.99. The minimum absolute atomic E-state index is 0.0328. The molecule has 0 saturated carbocycles. The van der Waals surface area contributed by atoms with Crippen LogP contribution in [0.3, 0.4) is 0 Å². The van der Waals surface area contributed by atoms with Crippen LogP contribution in [0.4, 0.5) is 0 Å². The van der Waals surface area contributed by atoms with E-state index in [1.165, 1.54) is 13.2 Å². The van der Waals surface area contributed by atoms with Crippen molar-refractivity contribution in [1.82, 2.24) is 25.9 Å². The number of carbonyl (C=O) groups excluding carboxylic acids is 3.